The zero-order valence-corrected chi connectivity index (χ0v) is 14.7. The lowest BCUT2D eigenvalue weighted by Crippen LogP contribution is -2.38. The number of pyridine rings is 1. The molecule has 4 rings (SSSR count). The van der Waals surface area contributed by atoms with E-state index in [9.17, 15) is 4.79 Å². The van der Waals surface area contributed by atoms with E-state index in [0.717, 1.165) is 17.4 Å². The number of hydrogen-bond acceptors (Lipinski definition) is 4. The van der Waals surface area contributed by atoms with E-state index in [0.29, 0.717) is 11.7 Å². The SMILES string of the molecule is CC1CC(N2CCCC2)CN1C(=O)c1nc2ccc(Br)cn2n1. The number of rotatable bonds is 2. The van der Waals surface area contributed by atoms with Crippen molar-refractivity contribution in [1.82, 2.24) is 24.4 Å². The third-order valence-electron chi connectivity index (χ3n) is 4.96. The van der Waals surface area contributed by atoms with Crippen molar-refractivity contribution in [2.45, 2.75) is 38.3 Å². The summed E-state index contributed by atoms with van der Waals surface area (Å²) >= 11 is 3.41. The van der Waals surface area contributed by atoms with Gasteiger partial charge in [-0.05, 0) is 67.3 Å². The van der Waals surface area contributed by atoms with Crippen LogP contribution in [0, 0.1) is 0 Å². The minimum absolute atomic E-state index is 0.0565. The predicted molar refractivity (Wildman–Crippen MR) is 90.4 cm³/mol. The van der Waals surface area contributed by atoms with Crippen LogP contribution in [0.2, 0.25) is 0 Å². The summed E-state index contributed by atoms with van der Waals surface area (Å²) in [6.45, 7) is 5.25. The molecule has 0 bridgehead atoms. The molecular formula is C16H20BrN5O. The Labute approximate surface area is 143 Å². The zero-order chi connectivity index (χ0) is 16.0. The van der Waals surface area contributed by atoms with Gasteiger partial charge in [-0.25, -0.2) is 9.50 Å². The van der Waals surface area contributed by atoms with Crippen molar-refractivity contribution >= 4 is 27.5 Å². The molecule has 4 heterocycles. The molecular weight excluding hydrogens is 358 g/mol. The Morgan fingerprint density at radius 1 is 1.30 bits per heavy atom. The van der Waals surface area contributed by atoms with Crippen molar-refractivity contribution in [2.75, 3.05) is 19.6 Å². The van der Waals surface area contributed by atoms with Crippen LogP contribution < -0.4 is 0 Å². The van der Waals surface area contributed by atoms with Gasteiger partial charge >= 0.3 is 0 Å². The van der Waals surface area contributed by atoms with Crippen LogP contribution in [0.4, 0.5) is 0 Å². The molecule has 0 N–H and O–H groups in total. The smallest absolute Gasteiger partial charge is 0.293 e. The van der Waals surface area contributed by atoms with Crippen LogP contribution in [-0.2, 0) is 0 Å². The Hall–Kier alpha value is -1.47. The van der Waals surface area contributed by atoms with Crippen molar-refractivity contribution in [3.8, 4) is 0 Å². The molecule has 2 atom stereocenters. The molecule has 0 saturated carbocycles. The summed E-state index contributed by atoms with van der Waals surface area (Å²) in [4.78, 5) is 21.7. The molecule has 23 heavy (non-hydrogen) atoms. The van der Waals surface area contributed by atoms with Crippen molar-refractivity contribution in [3.05, 3.63) is 28.6 Å². The Balaban J connectivity index is 1.55. The minimum atomic E-state index is -0.0565. The van der Waals surface area contributed by atoms with Gasteiger partial charge in [-0.2, -0.15) is 0 Å². The lowest BCUT2D eigenvalue weighted by Gasteiger charge is -2.23. The first kappa shape index (κ1) is 15.1. The number of nitrogens with zero attached hydrogens (tertiary/aromatic N) is 5. The Kier molecular flexibility index (Phi) is 3.85. The Morgan fingerprint density at radius 2 is 2.09 bits per heavy atom. The number of carbonyl (C=O) groups is 1. The fraction of sp³-hybridized carbons (Fsp3) is 0.562. The first-order valence-electron chi connectivity index (χ1n) is 8.19. The molecule has 2 saturated heterocycles. The maximum atomic E-state index is 12.8. The highest BCUT2D eigenvalue weighted by molar-refractivity contribution is 9.10. The number of likely N-dealkylation sites (tertiary alicyclic amines) is 2. The quantitative estimate of drug-likeness (QED) is 0.804. The monoisotopic (exact) mass is 377 g/mol. The van der Waals surface area contributed by atoms with Crippen LogP contribution in [-0.4, -0.2) is 62.0 Å². The van der Waals surface area contributed by atoms with Crippen LogP contribution in [0.25, 0.3) is 5.65 Å². The summed E-state index contributed by atoms with van der Waals surface area (Å²) in [5.74, 6) is 0.232. The van der Waals surface area contributed by atoms with Gasteiger partial charge in [-0.15, -0.1) is 5.10 Å². The van der Waals surface area contributed by atoms with E-state index < -0.39 is 0 Å². The highest BCUT2D eigenvalue weighted by Crippen LogP contribution is 2.26. The first-order chi connectivity index (χ1) is 11.1. The average Bonchev–Trinajstić information content (AvgIpc) is 3.24. The number of halogens is 1. The van der Waals surface area contributed by atoms with Crippen LogP contribution in [0.15, 0.2) is 22.8 Å². The van der Waals surface area contributed by atoms with Gasteiger partial charge in [0, 0.05) is 29.3 Å². The van der Waals surface area contributed by atoms with Gasteiger partial charge in [0.1, 0.15) is 0 Å². The number of aromatic nitrogens is 3. The highest BCUT2D eigenvalue weighted by Gasteiger charge is 2.37. The summed E-state index contributed by atoms with van der Waals surface area (Å²) in [6.07, 6.45) is 5.42. The van der Waals surface area contributed by atoms with E-state index in [4.69, 9.17) is 0 Å². The largest absolute Gasteiger partial charge is 0.332 e. The summed E-state index contributed by atoms with van der Waals surface area (Å²) in [7, 11) is 0. The molecule has 2 aromatic heterocycles. The van der Waals surface area contributed by atoms with E-state index in [2.05, 4.69) is 37.8 Å². The summed E-state index contributed by atoms with van der Waals surface area (Å²) in [5, 5.41) is 4.35. The van der Waals surface area contributed by atoms with E-state index in [1.807, 2.05) is 23.2 Å². The number of carbonyl (C=O) groups excluding carboxylic acids is 1. The standard InChI is InChI=1S/C16H20BrN5O/c1-11-8-13(20-6-2-3-7-20)10-21(11)16(23)15-18-14-5-4-12(17)9-22(14)19-15/h4-5,9,11,13H,2-3,6-8,10H2,1H3. The fourth-order valence-electron chi connectivity index (χ4n) is 3.73. The topological polar surface area (TPSA) is 53.7 Å². The summed E-state index contributed by atoms with van der Waals surface area (Å²) in [6, 6.07) is 4.49. The van der Waals surface area contributed by atoms with Gasteiger partial charge < -0.3 is 4.90 Å². The molecule has 122 valence electrons. The molecule has 2 fully saturated rings. The maximum Gasteiger partial charge on any atom is 0.293 e. The molecule has 0 radical (unpaired) electrons. The van der Waals surface area contributed by atoms with Crippen molar-refractivity contribution in [1.29, 1.82) is 0 Å². The van der Waals surface area contributed by atoms with Gasteiger partial charge in [0.05, 0.1) is 0 Å². The van der Waals surface area contributed by atoms with E-state index in [1.165, 1.54) is 25.9 Å². The number of fused-ring (bicyclic) bond motifs is 1. The molecule has 2 aromatic rings. The molecule has 0 spiro atoms. The van der Waals surface area contributed by atoms with E-state index in [-0.39, 0.29) is 17.8 Å². The van der Waals surface area contributed by atoms with Gasteiger partial charge in [0.25, 0.3) is 5.91 Å². The van der Waals surface area contributed by atoms with Crippen LogP contribution in [0.3, 0.4) is 0 Å². The Bertz CT molecular complexity index is 739. The van der Waals surface area contributed by atoms with E-state index >= 15 is 0 Å². The molecule has 2 unspecified atom stereocenters. The highest BCUT2D eigenvalue weighted by atomic mass is 79.9. The predicted octanol–water partition coefficient (Wildman–Crippen LogP) is 2.19. The van der Waals surface area contributed by atoms with Gasteiger partial charge in [-0.3, -0.25) is 9.69 Å². The fourth-order valence-corrected chi connectivity index (χ4v) is 4.06. The average molecular weight is 378 g/mol. The Morgan fingerprint density at radius 3 is 2.87 bits per heavy atom. The van der Waals surface area contributed by atoms with Crippen molar-refractivity contribution in [2.24, 2.45) is 0 Å². The molecule has 2 aliphatic heterocycles. The van der Waals surface area contributed by atoms with Crippen LogP contribution in [0.1, 0.15) is 36.8 Å². The summed E-state index contributed by atoms with van der Waals surface area (Å²) < 4.78 is 2.56. The van der Waals surface area contributed by atoms with Crippen molar-refractivity contribution < 1.29 is 4.79 Å². The molecule has 6 nitrogen and oxygen atoms in total. The molecule has 0 aromatic carbocycles. The van der Waals surface area contributed by atoms with Crippen LogP contribution >= 0.6 is 15.9 Å². The lowest BCUT2D eigenvalue weighted by atomic mass is 10.2. The van der Waals surface area contributed by atoms with Crippen molar-refractivity contribution in [3.63, 3.8) is 0 Å². The second-order valence-corrected chi connectivity index (χ2v) is 7.44. The second-order valence-electron chi connectivity index (χ2n) is 6.52. The minimum Gasteiger partial charge on any atom is -0.332 e. The molecule has 7 heteroatoms. The maximum absolute atomic E-state index is 12.8. The lowest BCUT2D eigenvalue weighted by molar-refractivity contribution is 0.0725. The molecule has 2 aliphatic rings. The van der Waals surface area contributed by atoms with Gasteiger partial charge in [-0.1, -0.05) is 0 Å². The zero-order valence-electron chi connectivity index (χ0n) is 13.2. The molecule has 0 aliphatic carbocycles. The third kappa shape index (κ3) is 2.76. The first-order valence-corrected chi connectivity index (χ1v) is 8.98. The second kappa shape index (κ2) is 5.87. The van der Waals surface area contributed by atoms with Gasteiger partial charge in [0.2, 0.25) is 5.82 Å². The number of amides is 1. The summed E-state index contributed by atoms with van der Waals surface area (Å²) in [5.41, 5.74) is 0.694. The van der Waals surface area contributed by atoms with Crippen LogP contribution in [0.5, 0.6) is 0 Å². The normalized spacial score (nSPS) is 25.6. The van der Waals surface area contributed by atoms with Gasteiger partial charge in [0.15, 0.2) is 5.65 Å². The number of hydrogen-bond donors (Lipinski definition) is 0. The molecule has 1 amide bonds. The third-order valence-corrected chi connectivity index (χ3v) is 5.43. The van der Waals surface area contributed by atoms with E-state index in [1.54, 1.807) is 4.52 Å².